The minimum Gasteiger partial charge on any atom is -0.349 e. The summed E-state index contributed by atoms with van der Waals surface area (Å²) in [5.74, 6) is -0.334. The second-order valence-electron chi connectivity index (χ2n) is 6.09. The summed E-state index contributed by atoms with van der Waals surface area (Å²) in [4.78, 5) is 29.1. The molecule has 0 radical (unpaired) electrons. The number of amides is 1. The smallest absolute Gasteiger partial charge is 0.345 e. The standard InChI is InChI=1S/C16H19F2N3O3/c1-9-6-19-14(22)12-11(8-20(2)13(9)12)15(23)21-5-3-4-10(7-21)24-16(17)18/h6,8,10,16H,3-5,7H2,1-2H3,(H,19,22). The zero-order chi connectivity index (χ0) is 17.4. The molecular weight excluding hydrogens is 320 g/mol. The average molecular weight is 339 g/mol. The zero-order valence-electron chi connectivity index (χ0n) is 13.5. The molecule has 1 aliphatic heterocycles. The lowest BCUT2D eigenvalue weighted by molar-refractivity contribution is -0.171. The van der Waals surface area contributed by atoms with Crippen molar-refractivity contribution < 1.29 is 18.3 Å². The van der Waals surface area contributed by atoms with Gasteiger partial charge in [0.15, 0.2) is 0 Å². The topological polar surface area (TPSA) is 67.3 Å². The Morgan fingerprint density at radius 2 is 2.21 bits per heavy atom. The summed E-state index contributed by atoms with van der Waals surface area (Å²) in [6.07, 6.45) is 3.61. The molecule has 1 aliphatic rings. The lowest BCUT2D eigenvalue weighted by Gasteiger charge is -2.32. The number of aryl methyl sites for hydroxylation is 2. The third kappa shape index (κ3) is 2.93. The number of ether oxygens (including phenoxy) is 1. The number of carbonyl (C=O) groups excluding carboxylic acids is 1. The number of hydrogen-bond donors (Lipinski definition) is 1. The van der Waals surface area contributed by atoms with Gasteiger partial charge in [-0.05, 0) is 25.3 Å². The van der Waals surface area contributed by atoms with Gasteiger partial charge in [0, 0.05) is 32.5 Å². The average Bonchev–Trinajstić information content (AvgIpc) is 2.89. The Labute approximate surface area is 137 Å². The summed E-state index contributed by atoms with van der Waals surface area (Å²) in [5.41, 5.74) is 1.50. The van der Waals surface area contributed by atoms with Crippen LogP contribution < -0.4 is 5.56 Å². The van der Waals surface area contributed by atoms with Crippen molar-refractivity contribution in [1.29, 1.82) is 0 Å². The molecule has 1 saturated heterocycles. The molecule has 0 bridgehead atoms. The molecule has 2 aromatic heterocycles. The number of halogens is 2. The number of nitrogens with zero attached hydrogens (tertiary/aromatic N) is 2. The number of H-pyrrole nitrogens is 1. The van der Waals surface area contributed by atoms with Crippen molar-refractivity contribution in [2.24, 2.45) is 7.05 Å². The van der Waals surface area contributed by atoms with E-state index in [9.17, 15) is 18.4 Å². The fourth-order valence-corrected chi connectivity index (χ4v) is 3.36. The molecule has 0 aliphatic carbocycles. The Balaban J connectivity index is 1.95. The summed E-state index contributed by atoms with van der Waals surface area (Å²) < 4.78 is 31.1. The molecule has 3 rings (SSSR count). The van der Waals surface area contributed by atoms with Gasteiger partial charge in [-0.25, -0.2) is 0 Å². The highest BCUT2D eigenvalue weighted by Gasteiger charge is 2.29. The number of pyridine rings is 1. The van der Waals surface area contributed by atoms with Gasteiger partial charge in [0.25, 0.3) is 11.5 Å². The highest BCUT2D eigenvalue weighted by Crippen LogP contribution is 2.23. The Morgan fingerprint density at radius 1 is 1.46 bits per heavy atom. The first kappa shape index (κ1) is 16.6. The molecule has 0 saturated carbocycles. The van der Waals surface area contributed by atoms with Crippen molar-refractivity contribution in [3.63, 3.8) is 0 Å². The van der Waals surface area contributed by atoms with Crippen LogP contribution in [0.15, 0.2) is 17.2 Å². The largest absolute Gasteiger partial charge is 0.349 e. The number of rotatable bonds is 3. The van der Waals surface area contributed by atoms with Crippen LogP contribution in [0.25, 0.3) is 10.9 Å². The van der Waals surface area contributed by atoms with Crippen LogP contribution >= 0.6 is 0 Å². The Kier molecular flexibility index (Phi) is 4.40. The summed E-state index contributed by atoms with van der Waals surface area (Å²) in [5, 5.41) is 0.333. The normalized spacial score (nSPS) is 18.5. The van der Waals surface area contributed by atoms with Gasteiger partial charge in [-0.3, -0.25) is 9.59 Å². The second-order valence-corrected chi connectivity index (χ2v) is 6.09. The fourth-order valence-electron chi connectivity index (χ4n) is 3.36. The van der Waals surface area contributed by atoms with Crippen molar-refractivity contribution in [3.05, 3.63) is 33.9 Å². The van der Waals surface area contributed by atoms with Gasteiger partial charge in [-0.1, -0.05) is 0 Å². The van der Waals surface area contributed by atoms with Crippen LogP contribution in [0.4, 0.5) is 8.78 Å². The summed E-state index contributed by atoms with van der Waals surface area (Å²) >= 11 is 0. The van der Waals surface area contributed by atoms with Crippen molar-refractivity contribution in [1.82, 2.24) is 14.5 Å². The highest BCUT2D eigenvalue weighted by atomic mass is 19.3. The molecule has 0 aromatic carbocycles. The molecule has 1 N–H and O–H groups in total. The molecule has 1 unspecified atom stereocenters. The number of piperidine rings is 1. The SMILES string of the molecule is Cc1c[nH]c(=O)c2c(C(=O)N3CCCC(OC(F)F)C3)cn(C)c12. The van der Waals surface area contributed by atoms with Gasteiger partial charge in [0.05, 0.1) is 22.6 Å². The van der Waals surface area contributed by atoms with E-state index in [0.29, 0.717) is 30.3 Å². The van der Waals surface area contributed by atoms with E-state index in [1.54, 1.807) is 24.0 Å². The monoisotopic (exact) mass is 339 g/mol. The summed E-state index contributed by atoms with van der Waals surface area (Å²) in [6.45, 7) is -0.446. The number of nitrogens with one attached hydrogen (secondary N) is 1. The van der Waals surface area contributed by atoms with Crippen molar-refractivity contribution in [3.8, 4) is 0 Å². The molecule has 1 atom stereocenters. The lowest BCUT2D eigenvalue weighted by atomic mass is 10.1. The van der Waals surface area contributed by atoms with Crippen LogP contribution in [0.5, 0.6) is 0 Å². The number of hydrogen-bond acceptors (Lipinski definition) is 3. The van der Waals surface area contributed by atoms with Crippen LogP contribution in [-0.2, 0) is 11.8 Å². The highest BCUT2D eigenvalue weighted by molar-refractivity contribution is 6.07. The maximum absolute atomic E-state index is 12.8. The van der Waals surface area contributed by atoms with Crippen LogP contribution in [0.2, 0.25) is 0 Å². The summed E-state index contributed by atoms with van der Waals surface area (Å²) in [6, 6.07) is 0. The predicted molar refractivity (Wildman–Crippen MR) is 84.3 cm³/mol. The molecule has 24 heavy (non-hydrogen) atoms. The molecule has 6 nitrogen and oxygen atoms in total. The Morgan fingerprint density at radius 3 is 2.92 bits per heavy atom. The van der Waals surface area contributed by atoms with Crippen LogP contribution in [0, 0.1) is 6.92 Å². The molecular formula is C16H19F2N3O3. The first-order valence-electron chi connectivity index (χ1n) is 7.78. The quantitative estimate of drug-likeness (QED) is 0.930. The van der Waals surface area contributed by atoms with E-state index in [-0.39, 0.29) is 23.6 Å². The predicted octanol–water partition coefficient (Wildman–Crippen LogP) is 2.02. The lowest BCUT2D eigenvalue weighted by Crippen LogP contribution is -2.43. The maximum atomic E-state index is 12.8. The molecule has 1 amide bonds. The first-order chi connectivity index (χ1) is 11.4. The first-order valence-corrected chi connectivity index (χ1v) is 7.78. The third-order valence-corrected chi connectivity index (χ3v) is 4.39. The minimum atomic E-state index is -2.85. The zero-order valence-corrected chi connectivity index (χ0v) is 13.5. The van der Waals surface area contributed by atoms with Gasteiger partial charge in [0.1, 0.15) is 0 Å². The fraction of sp³-hybridized carbons (Fsp3) is 0.500. The number of fused-ring (bicyclic) bond motifs is 1. The van der Waals surface area contributed by atoms with E-state index in [0.717, 1.165) is 5.56 Å². The minimum absolute atomic E-state index is 0.100. The Hall–Kier alpha value is -2.22. The van der Waals surface area contributed by atoms with Gasteiger partial charge >= 0.3 is 6.61 Å². The van der Waals surface area contributed by atoms with E-state index in [1.165, 1.54) is 4.90 Å². The maximum Gasteiger partial charge on any atom is 0.345 e. The van der Waals surface area contributed by atoms with E-state index in [4.69, 9.17) is 0 Å². The number of carbonyl (C=O) groups is 1. The van der Waals surface area contributed by atoms with Gasteiger partial charge < -0.3 is 19.2 Å². The van der Waals surface area contributed by atoms with Gasteiger partial charge in [-0.2, -0.15) is 8.78 Å². The molecule has 1 fully saturated rings. The third-order valence-electron chi connectivity index (χ3n) is 4.39. The van der Waals surface area contributed by atoms with Gasteiger partial charge in [0.2, 0.25) is 0 Å². The van der Waals surface area contributed by atoms with Crippen molar-refractivity contribution in [2.75, 3.05) is 13.1 Å². The second kappa shape index (κ2) is 6.35. The molecule has 130 valence electrons. The van der Waals surface area contributed by atoms with E-state index >= 15 is 0 Å². The van der Waals surface area contributed by atoms with Crippen LogP contribution in [-0.4, -0.2) is 46.2 Å². The van der Waals surface area contributed by atoms with Crippen molar-refractivity contribution in [2.45, 2.75) is 32.5 Å². The van der Waals surface area contributed by atoms with Crippen LogP contribution in [0.1, 0.15) is 28.8 Å². The number of alkyl halides is 2. The summed E-state index contributed by atoms with van der Waals surface area (Å²) in [7, 11) is 1.77. The van der Waals surface area contributed by atoms with Crippen LogP contribution in [0.3, 0.4) is 0 Å². The van der Waals surface area contributed by atoms with Gasteiger partial charge in [-0.15, -0.1) is 0 Å². The molecule has 8 heteroatoms. The Bertz CT molecular complexity index is 828. The molecule has 2 aromatic rings. The number of aromatic amines is 1. The molecule has 3 heterocycles. The van der Waals surface area contributed by atoms with E-state index in [2.05, 4.69) is 9.72 Å². The molecule has 0 spiro atoms. The van der Waals surface area contributed by atoms with E-state index < -0.39 is 12.7 Å². The van der Waals surface area contributed by atoms with E-state index in [1.807, 2.05) is 6.92 Å². The number of aromatic nitrogens is 2. The van der Waals surface area contributed by atoms with Crippen molar-refractivity contribution >= 4 is 16.8 Å². The number of likely N-dealkylation sites (tertiary alicyclic amines) is 1.